The summed E-state index contributed by atoms with van der Waals surface area (Å²) in [6, 6.07) is 0. The van der Waals surface area contributed by atoms with E-state index in [1.54, 1.807) is 12.2 Å². The van der Waals surface area contributed by atoms with E-state index in [0.717, 1.165) is 12.5 Å². The quantitative estimate of drug-likeness (QED) is 0.335. The van der Waals surface area contributed by atoms with Crippen molar-refractivity contribution in [1.29, 1.82) is 0 Å². The van der Waals surface area contributed by atoms with Crippen LogP contribution >= 0.6 is 0 Å². The topological polar surface area (TPSA) is 60.7 Å². The van der Waals surface area contributed by atoms with Gasteiger partial charge in [0.15, 0.2) is 0 Å². The van der Waals surface area contributed by atoms with E-state index in [1.807, 2.05) is 18.2 Å². The maximum absolute atomic E-state index is 9.02. The van der Waals surface area contributed by atoms with Crippen molar-refractivity contribution in [3.8, 4) is 0 Å². The Labute approximate surface area is 109 Å². The van der Waals surface area contributed by atoms with Gasteiger partial charge < -0.3 is 15.3 Å². The van der Waals surface area contributed by atoms with Crippen LogP contribution in [0.4, 0.5) is 0 Å². The van der Waals surface area contributed by atoms with Crippen LogP contribution in [0.5, 0.6) is 0 Å². The molecule has 0 aliphatic heterocycles. The Morgan fingerprint density at radius 3 is 2.11 bits per heavy atom. The standard InChI is InChI=1S/C15H24O3/c1-2-3-4-5-6-7-8-9-10-11-12-13-15(17,18)14-16/h6-13,16-18H,2-5,14H2,1H3. The average molecular weight is 252 g/mol. The molecule has 0 bridgehead atoms. The van der Waals surface area contributed by atoms with Crippen LogP contribution in [0.3, 0.4) is 0 Å². The molecule has 0 aliphatic carbocycles. The van der Waals surface area contributed by atoms with Gasteiger partial charge in [0.1, 0.15) is 6.61 Å². The van der Waals surface area contributed by atoms with E-state index >= 15 is 0 Å². The Hall–Kier alpha value is -1.16. The summed E-state index contributed by atoms with van der Waals surface area (Å²) in [5.41, 5.74) is 0. The number of hydrogen-bond donors (Lipinski definition) is 3. The Morgan fingerprint density at radius 2 is 1.50 bits per heavy atom. The normalized spacial score (nSPS) is 13.8. The van der Waals surface area contributed by atoms with Crippen LogP contribution in [-0.4, -0.2) is 27.7 Å². The second-order valence-corrected chi connectivity index (χ2v) is 4.09. The summed E-state index contributed by atoms with van der Waals surface area (Å²) >= 11 is 0. The van der Waals surface area contributed by atoms with E-state index in [1.165, 1.54) is 25.3 Å². The molecule has 3 nitrogen and oxygen atoms in total. The van der Waals surface area contributed by atoms with Gasteiger partial charge in [0.05, 0.1) is 0 Å². The highest BCUT2D eigenvalue weighted by Crippen LogP contribution is 2.00. The van der Waals surface area contributed by atoms with Gasteiger partial charge in [0, 0.05) is 0 Å². The lowest BCUT2D eigenvalue weighted by Gasteiger charge is -2.11. The van der Waals surface area contributed by atoms with Crippen molar-refractivity contribution < 1.29 is 15.3 Å². The first-order valence-electron chi connectivity index (χ1n) is 6.35. The largest absolute Gasteiger partial charge is 0.390 e. The molecule has 0 rings (SSSR count). The van der Waals surface area contributed by atoms with Crippen molar-refractivity contribution in [3.05, 3.63) is 48.6 Å². The molecule has 3 heteroatoms. The minimum atomic E-state index is -2.13. The first-order valence-corrected chi connectivity index (χ1v) is 6.35. The molecule has 0 aromatic carbocycles. The van der Waals surface area contributed by atoms with Crippen molar-refractivity contribution >= 4 is 0 Å². The molecular weight excluding hydrogens is 228 g/mol. The van der Waals surface area contributed by atoms with Crippen LogP contribution in [0.25, 0.3) is 0 Å². The minimum Gasteiger partial charge on any atom is -0.390 e. The third-order valence-electron chi connectivity index (χ3n) is 2.26. The highest BCUT2D eigenvalue weighted by atomic mass is 16.5. The number of aliphatic hydroxyl groups is 3. The molecule has 3 N–H and O–H groups in total. The van der Waals surface area contributed by atoms with E-state index in [4.69, 9.17) is 15.3 Å². The minimum absolute atomic E-state index is 0.715. The monoisotopic (exact) mass is 252 g/mol. The zero-order valence-electron chi connectivity index (χ0n) is 11.0. The molecule has 0 amide bonds. The molecule has 0 saturated heterocycles. The van der Waals surface area contributed by atoms with Crippen LogP contribution < -0.4 is 0 Å². The van der Waals surface area contributed by atoms with E-state index in [0.29, 0.717) is 0 Å². The van der Waals surface area contributed by atoms with Gasteiger partial charge in [-0.3, -0.25) is 0 Å². The molecule has 0 saturated carbocycles. The Bertz CT molecular complexity index is 299. The van der Waals surface area contributed by atoms with Gasteiger partial charge in [-0.15, -0.1) is 0 Å². The second-order valence-electron chi connectivity index (χ2n) is 4.09. The van der Waals surface area contributed by atoms with Crippen LogP contribution in [0.2, 0.25) is 0 Å². The fraction of sp³-hybridized carbons (Fsp3) is 0.467. The van der Waals surface area contributed by atoms with Crippen LogP contribution in [-0.2, 0) is 0 Å². The summed E-state index contributed by atoms with van der Waals surface area (Å²) in [6.07, 6.45) is 18.8. The van der Waals surface area contributed by atoms with Gasteiger partial charge in [0.2, 0.25) is 5.79 Å². The lowest BCUT2D eigenvalue weighted by Crippen LogP contribution is -2.29. The maximum Gasteiger partial charge on any atom is 0.207 e. The number of allylic oxidation sites excluding steroid dienone is 7. The van der Waals surface area contributed by atoms with Gasteiger partial charge in [-0.1, -0.05) is 62.3 Å². The van der Waals surface area contributed by atoms with Crippen molar-refractivity contribution in [2.24, 2.45) is 0 Å². The number of unbranched alkanes of at least 4 members (excludes halogenated alkanes) is 3. The lowest BCUT2D eigenvalue weighted by atomic mass is 10.2. The zero-order valence-corrected chi connectivity index (χ0v) is 11.0. The first-order chi connectivity index (χ1) is 8.62. The van der Waals surface area contributed by atoms with Gasteiger partial charge in [0.25, 0.3) is 0 Å². The van der Waals surface area contributed by atoms with Gasteiger partial charge in [-0.2, -0.15) is 0 Å². The molecule has 0 aromatic rings. The molecule has 0 spiro atoms. The predicted octanol–water partition coefficient (Wildman–Crippen LogP) is 2.46. The Balaban J connectivity index is 3.75. The summed E-state index contributed by atoms with van der Waals surface area (Å²) in [5.74, 6) is -2.13. The maximum atomic E-state index is 9.02. The molecule has 18 heavy (non-hydrogen) atoms. The number of rotatable bonds is 9. The summed E-state index contributed by atoms with van der Waals surface area (Å²) in [6.45, 7) is 1.47. The van der Waals surface area contributed by atoms with Crippen molar-refractivity contribution in [2.45, 2.75) is 38.4 Å². The highest BCUT2D eigenvalue weighted by molar-refractivity contribution is 5.16. The van der Waals surface area contributed by atoms with E-state index in [9.17, 15) is 0 Å². The summed E-state index contributed by atoms with van der Waals surface area (Å²) in [5, 5.41) is 26.6. The average Bonchev–Trinajstić information content (AvgIpc) is 2.36. The molecule has 0 fully saturated rings. The fourth-order valence-electron chi connectivity index (χ4n) is 1.21. The molecule has 0 radical (unpaired) electrons. The van der Waals surface area contributed by atoms with Gasteiger partial charge >= 0.3 is 0 Å². The third-order valence-corrected chi connectivity index (χ3v) is 2.26. The third kappa shape index (κ3) is 11.3. The molecule has 0 atom stereocenters. The second kappa shape index (κ2) is 11.0. The molecule has 0 aliphatic rings. The molecule has 0 aromatic heterocycles. The lowest BCUT2D eigenvalue weighted by molar-refractivity contribution is -0.146. The van der Waals surface area contributed by atoms with Crippen LogP contribution in [0.15, 0.2) is 48.6 Å². The number of aliphatic hydroxyl groups excluding tert-OH is 1. The van der Waals surface area contributed by atoms with Crippen LogP contribution in [0, 0.1) is 0 Å². The van der Waals surface area contributed by atoms with E-state index in [2.05, 4.69) is 13.0 Å². The Morgan fingerprint density at radius 1 is 0.889 bits per heavy atom. The summed E-state index contributed by atoms with van der Waals surface area (Å²) < 4.78 is 0. The smallest absolute Gasteiger partial charge is 0.207 e. The fourth-order valence-corrected chi connectivity index (χ4v) is 1.21. The van der Waals surface area contributed by atoms with Crippen molar-refractivity contribution in [3.63, 3.8) is 0 Å². The molecule has 0 heterocycles. The highest BCUT2D eigenvalue weighted by Gasteiger charge is 2.15. The van der Waals surface area contributed by atoms with Gasteiger partial charge in [-0.25, -0.2) is 0 Å². The van der Waals surface area contributed by atoms with Crippen LogP contribution in [0.1, 0.15) is 32.6 Å². The molecule has 0 unspecified atom stereocenters. The summed E-state index contributed by atoms with van der Waals surface area (Å²) in [4.78, 5) is 0. The zero-order chi connectivity index (χ0) is 13.7. The summed E-state index contributed by atoms with van der Waals surface area (Å²) in [7, 11) is 0. The van der Waals surface area contributed by atoms with E-state index < -0.39 is 12.4 Å². The molecular formula is C15H24O3. The van der Waals surface area contributed by atoms with Gasteiger partial charge in [-0.05, 0) is 18.9 Å². The van der Waals surface area contributed by atoms with Crippen molar-refractivity contribution in [2.75, 3.05) is 6.61 Å². The van der Waals surface area contributed by atoms with E-state index in [-0.39, 0.29) is 0 Å². The SMILES string of the molecule is CCCCCC=CC=CC=CC=CC(O)(O)CO. The predicted molar refractivity (Wildman–Crippen MR) is 75.0 cm³/mol. The first kappa shape index (κ1) is 16.8. The molecule has 102 valence electrons. The number of hydrogen-bond acceptors (Lipinski definition) is 3. The van der Waals surface area contributed by atoms with Crippen molar-refractivity contribution in [1.82, 2.24) is 0 Å². The Kier molecular flexibility index (Phi) is 10.3.